The third kappa shape index (κ3) is 1.83. The zero-order chi connectivity index (χ0) is 13.6. The standard InChI is InChI=1S/C13H12N2O3S/c16-10-4-7(6-19)5-15(10)9-3-1-2-8-11(9)13(18)14-12(8)17/h1-3,7,19H,4-6H2,(H,14,17,18). The first-order valence-corrected chi connectivity index (χ1v) is 6.65. The van der Waals surface area contributed by atoms with E-state index in [2.05, 4.69) is 17.9 Å². The van der Waals surface area contributed by atoms with Crippen LogP contribution in [0.25, 0.3) is 0 Å². The maximum absolute atomic E-state index is 12.0. The van der Waals surface area contributed by atoms with Gasteiger partial charge in [0.1, 0.15) is 0 Å². The molecular formula is C13H12N2O3S. The molecule has 5 nitrogen and oxygen atoms in total. The van der Waals surface area contributed by atoms with Crippen LogP contribution in [0.5, 0.6) is 0 Å². The molecule has 98 valence electrons. The molecule has 0 spiro atoms. The highest BCUT2D eigenvalue weighted by molar-refractivity contribution is 7.80. The normalized spacial score (nSPS) is 21.8. The molecule has 0 aliphatic carbocycles. The zero-order valence-corrected chi connectivity index (χ0v) is 10.9. The Labute approximate surface area is 115 Å². The van der Waals surface area contributed by atoms with Crippen molar-refractivity contribution in [2.45, 2.75) is 6.42 Å². The fourth-order valence-corrected chi connectivity index (χ4v) is 2.81. The van der Waals surface area contributed by atoms with E-state index >= 15 is 0 Å². The number of benzene rings is 1. The summed E-state index contributed by atoms with van der Waals surface area (Å²) < 4.78 is 0. The molecule has 1 atom stereocenters. The minimum Gasteiger partial charge on any atom is -0.311 e. The van der Waals surface area contributed by atoms with E-state index < -0.39 is 11.8 Å². The van der Waals surface area contributed by atoms with Crippen LogP contribution >= 0.6 is 12.6 Å². The second-order valence-corrected chi connectivity index (χ2v) is 5.11. The lowest BCUT2D eigenvalue weighted by atomic mass is 10.1. The third-order valence-electron chi connectivity index (χ3n) is 3.50. The summed E-state index contributed by atoms with van der Waals surface area (Å²) in [6.07, 6.45) is 0.433. The Balaban J connectivity index is 2.06. The number of carbonyl (C=O) groups is 3. The van der Waals surface area contributed by atoms with Crippen molar-refractivity contribution in [1.29, 1.82) is 0 Å². The van der Waals surface area contributed by atoms with Crippen LogP contribution in [-0.2, 0) is 4.79 Å². The zero-order valence-electron chi connectivity index (χ0n) is 10.0. The lowest BCUT2D eigenvalue weighted by molar-refractivity contribution is -0.117. The molecule has 0 bridgehead atoms. The van der Waals surface area contributed by atoms with Gasteiger partial charge in [-0.15, -0.1) is 0 Å². The number of carbonyl (C=O) groups excluding carboxylic acids is 3. The molecule has 2 aliphatic rings. The summed E-state index contributed by atoms with van der Waals surface area (Å²) >= 11 is 4.21. The van der Waals surface area contributed by atoms with Gasteiger partial charge in [0.25, 0.3) is 11.8 Å². The van der Waals surface area contributed by atoms with Gasteiger partial charge in [-0.2, -0.15) is 12.6 Å². The minimum atomic E-state index is -0.433. The van der Waals surface area contributed by atoms with E-state index in [4.69, 9.17) is 0 Å². The van der Waals surface area contributed by atoms with E-state index in [0.29, 0.717) is 35.5 Å². The van der Waals surface area contributed by atoms with Crippen molar-refractivity contribution in [2.24, 2.45) is 5.92 Å². The van der Waals surface area contributed by atoms with Gasteiger partial charge >= 0.3 is 0 Å². The Bertz CT molecular complexity index is 600. The van der Waals surface area contributed by atoms with Gasteiger partial charge < -0.3 is 4.90 Å². The number of nitrogens with zero attached hydrogens (tertiary/aromatic N) is 1. The van der Waals surface area contributed by atoms with Crippen LogP contribution in [0.4, 0.5) is 5.69 Å². The second-order valence-electron chi connectivity index (χ2n) is 4.74. The fraction of sp³-hybridized carbons (Fsp3) is 0.308. The van der Waals surface area contributed by atoms with Gasteiger partial charge in [0.15, 0.2) is 0 Å². The van der Waals surface area contributed by atoms with E-state index in [1.54, 1.807) is 23.1 Å². The molecule has 1 unspecified atom stereocenters. The maximum atomic E-state index is 12.0. The predicted octanol–water partition coefficient (Wildman–Crippen LogP) is 0.853. The van der Waals surface area contributed by atoms with Crippen molar-refractivity contribution in [3.8, 4) is 0 Å². The maximum Gasteiger partial charge on any atom is 0.261 e. The number of hydrogen-bond acceptors (Lipinski definition) is 4. The summed E-state index contributed by atoms with van der Waals surface area (Å²) in [5.74, 6) is -0.0500. The van der Waals surface area contributed by atoms with Crippen molar-refractivity contribution < 1.29 is 14.4 Å². The highest BCUT2D eigenvalue weighted by Crippen LogP contribution is 2.32. The Kier molecular flexibility index (Phi) is 2.82. The molecule has 3 amide bonds. The Morgan fingerprint density at radius 1 is 1.26 bits per heavy atom. The molecular weight excluding hydrogens is 264 g/mol. The average molecular weight is 276 g/mol. The highest BCUT2D eigenvalue weighted by atomic mass is 32.1. The lowest BCUT2D eigenvalue weighted by Crippen LogP contribution is -2.27. The average Bonchev–Trinajstić information content (AvgIpc) is 2.91. The number of amides is 3. The first-order chi connectivity index (χ1) is 9.11. The molecule has 0 aromatic heterocycles. The summed E-state index contributed by atoms with van der Waals surface area (Å²) in [5, 5.41) is 2.26. The van der Waals surface area contributed by atoms with E-state index in [-0.39, 0.29) is 11.8 Å². The summed E-state index contributed by atoms with van der Waals surface area (Å²) in [5.41, 5.74) is 1.17. The summed E-state index contributed by atoms with van der Waals surface area (Å²) in [7, 11) is 0. The lowest BCUT2D eigenvalue weighted by Gasteiger charge is -2.18. The van der Waals surface area contributed by atoms with E-state index in [1.807, 2.05) is 0 Å². The molecule has 19 heavy (non-hydrogen) atoms. The number of fused-ring (bicyclic) bond motifs is 1. The molecule has 2 aliphatic heterocycles. The quantitative estimate of drug-likeness (QED) is 0.622. The number of hydrogen-bond donors (Lipinski definition) is 2. The molecule has 0 radical (unpaired) electrons. The van der Waals surface area contributed by atoms with E-state index in [0.717, 1.165) is 0 Å². The summed E-state index contributed by atoms with van der Waals surface area (Å²) in [4.78, 5) is 37.0. The monoisotopic (exact) mass is 276 g/mol. The largest absolute Gasteiger partial charge is 0.311 e. The van der Waals surface area contributed by atoms with Crippen LogP contribution < -0.4 is 10.2 Å². The van der Waals surface area contributed by atoms with Crippen molar-refractivity contribution in [3.63, 3.8) is 0 Å². The third-order valence-corrected chi connectivity index (χ3v) is 4.01. The molecule has 1 N–H and O–H groups in total. The molecule has 3 rings (SSSR count). The van der Waals surface area contributed by atoms with E-state index in [9.17, 15) is 14.4 Å². The van der Waals surface area contributed by atoms with Crippen LogP contribution in [0.1, 0.15) is 27.1 Å². The van der Waals surface area contributed by atoms with Crippen LogP contribution in [-0.4, -0.2) is 30.0 Å². The SMILES string of the molecule is O=C1NC(=O)c2c1cccc2N1CC(CS)CC1=O. The van der Waals surface area contributed by atoms with Gasteiger partial charge in [-0.05, 0) is 23.8 Å². The molecule has 1 fully saturated rings. The van der Waals surface area contributed by atoms with Crippen LogP contribution in [0.3, 0.4) is 0 Å². The Hall–Kier alpha value is -1.82. The van der Waals surface area contributed by atoms with E-state index in [1.165, 1.54) is 0 Å². The predicted molar refractivity (Wildman–Crippen MR) is 72.6 cm³/mol. The van der Waals surface area contributed by atoms with Gasteiger partial charge in [-0.25, -0.2) is 0 Å². The van der Waals surface area contributed by atoms with Gasteiger partial charge in [0, 0.05) is 13.0 Å². The Morgan fingerprint density at radius 3 is 2.74 bits per heavy atom. The van der Waals surface area contributed by atoms with Crippen LogP contribution in [0.2, 0.25) is 0 Å². The number of rotatable bonds is 2. The van der Waals surface area contributed by atoms with Gasteiger partial charge in [-0.1, -0.05) is 6.07 Å². The summed E-state index contributed by atoms with van der Waals surface area (Å²) in [6.45, 7) is 0.542. The fourth-order valence-electron chi connectivity index (χ4n) is 2.56. The molecule has 6 heteroatoms. The smallest absolute Gasteiger partial charge is 0.261 e. The molecule has 1 aromatic carbocycles. The molecule has 2 heterocycles. The Morgan fingerprint density at radius 2 is 2.05 bits per heavy atom. The van der Waals surface area contributed by atoms with Crippen LogP contribution in [0.15, 0.2) is 18.2 Å². The second kappa shape index (κ2) is 4.38. The van der Waals surface area contributed by atoms with Crippen molar-refractivity contribution in [2.75, 3.05) is 17.2 Å². The van der Waals surface area contributed by atoms with Crippen molar-refractivity contribution in [3.05, 3.63) is 29.3 Å². The van der Waals surface area contributed by atoms with Crippen molar-refractivity contribution >= 4 is 36.0 Å². The topological polar surface area (TPSA) is 66.5 Å². The number of nitrogens with one attached hydrogen (secondary N) is 1. The van der Waals surface area contributed by atoms with Crippen molar-refractivity contribution in [1.82, 2.24) is 5.32 Å². The van der Waals surface area contributed by atoms with Gasteiger partial charge in [0.2, 0.25) is 5.91 Å². The van der Waals surface area contributed by atoms with Gasteiger partial charge in [-0.3, -0.25) is 19.7 Å². The first kappa shape index (κ1) is 12.2. The van der Waals surface area contributed by atoms with Crippen LogP contribution in [0, 0.1) is 5.92 Å². The highest BCUT2D eigenvalue weighted by Gasteiger charge is 2.36. The molecule has 0 saturated carbocycles. The minimum absolute atomic E-state index is 0.0281. The number of imide groups is 1. The molecule has 1 saturated heterocycles. The number of anilines is 1. The molecule has 1 aromatic rings. The number of thiol groups is 1. The first-order valence-electron chi connectivity index (χ1n) is 6.01. The van der Waals surface area contributed by atoms with Gasteiger partial charge in [0.05, 0.1) is 16.8 Å². The summed E-state index contributed by atoms with van der Waals surface area (Å²) in [6, 6.07) is 4.99.